The Balaban J connectivity index is 1.58. The number of carbonyl (C=O) groups excluding carboxylic acids is 1. The van der Waals surface area contributed by atoms with Crippen molar-refractivity contribution in [1.29, 1.82) is 0 Å². The molecule has 0 saturated heterocycles. The van der Waals surface area contributed by atoms with Crippen LogP contribution in [0.1, 0.15) is 42.6 Å². The van der Waals surface area contributed by atoms with Crippen LogP contribution in [0.5, 0.6) is 0 Å². The quantitative estimate of drug-likeness (QED) is 0.722. The number of benzene rings is 1. The molecule has 154 valence electrons. The van der Waals surface area contributed by atoms with E-state index in [0.29, 0.717) is 30.4 Å². The molecule has 1 aromatic carbocycles. The molecule has 4 rings (SSSR count). The number of hydrogen-bond donors (Lipinski definition) is 1. The van der Waals surface area contributed by atoms with Crippen molar-refractivity contribution < 1.29 is 4.79 Å². The van der Waals surface area contributed by atoms with E-state index < -0.39 is 0 Å². The third-order valence-corrected chi connectivity index (χ3v) is 5.56. The first-order chi connectivity index (χ1) is 14.5. The van der Waals surface area contributed by atoms with Gasteiger partial charge in [0.25, 0.3) is 5.91 Å². The maximum Gasteiger partial charge on any atom is 0.259 e. The van der Waals surface area contributed by atoms with E-state index in [0.717, 1.165) is 29.8 Å². The van der Waals surface area contributed by atoms with Crippen molar-refractivity contribution in [3.05, 3.63) is 89.8 Å². The van der Waals surface area contributed by atoms with Gasteiger partial charge in [0.1, 0.15) is 11.4 Å². The van der Waals surface area contributed by atoms with Gasteiger partial charge in [0.15, 0.2) is 0 Å². The Labute approximate surface area is 178 Å². The number of aromatic nitrogens is 2. The molecule has 1 N–H and O–H groups in total. The molecule has 0 saturated carbocycles. The van der Waals surface area contributed by atoms with E-state index in [9.17, 15) is 4.79 Å². The highest BCUT2D eigenvalue weighted by Gasteiger charge is 2.25. The Morgan fingerprint density at radius 3 is 2.87 bits per heavy atom. The van der Waals surface area contributed by atoms with Crippen molar-refractivity contribution in [1.82, 2.24) is 14.7 Å². The summed E-state index contributed by atoms with van der Waals surface area (Å²) in [5.41, 5.74) is 4.68. The van der Waals surface area contributed by atoms with Gasteiger partial charge in [-0.3, -0.25) is 4.79 Å². The van der Waals surface area contributed by atoms with E-state index in [4.69, 9.17) is 0 Å². The van der Waals surface area contributed by atoms with Crippen LogP contribution in [0.15, 0.2) is 78.7 Å². The summed E-state index contributed by atoms with van der Waals surface area (Å²) in [5.74, 6) is 1.25. The lowest BCUT2D eigenvalue weighted by Gasteiger charge is -2.25. The number of anilines is 1. The molecule has 1 aromatic heterocycles. The largest absolute Gasteiger partial charge is 0.340 e. The van der Waals surface area contributed by atoms with Crippen LogP contribution in [0.2, 0.25) is 0 Å². The highest BCUT2D eigenvalue weighted by atomic mass is 16.2. The topological polar surface area (TPSA) is 50.2 Å². The second-order valence-corrected chi connectivity index (χ2v) is 8.07. The molecule has 1 aliphatic carbocycles. The van der Waals surface area contributed by atoms with Crippen molar-refractivity contribution in [3.8, 4) is 0 Å². The molecule has 1 unspecified atom stereocenters. The third kappa shape index (κ3) is 4.30. The zero-order valence-electron chi connectivity index (χ0n) is 17.6. The molecule has 1 aliphatic heterocycles. The van der Waals surface area contributed by atoms with E-state index in [1.807, 2.05) is 36.1 Å². The number of nitrogens with zero attached hydrogens (tertiary/aromatic N) is 3. The zero-order valence-corrected chi connectivity index (χ0v) is 17.6. The summed E-state index contributed by atoms with van der Waals surface area (Å²) in [6.07, 6.45) is 12.2. The SMILES string of the molecule is C=C1C=C(C)n2ncc(C(=O)N(CCC3=CCC(C)C=C3)Cc3ccccc3)c2N1. The Hall–Kier alpha value is -3.34. The molecule has 0 spiro atoms. The van der Waals surface area contributed by atoms with Gasteiger partial charge in [-0.05, 0) is 37.3 Å². The molecule has 0 radical (unpaired) electrons. The monoisotopic (exact) mass is 400 g/mol. The normalized spacial score (nSPS) is 17.7. The molecule has 5 heteroatoms. The fraction of sp³-hybridized carbons (Fsp3) is 0.280. The number of hydrogen-bond acceptors (Lipinski definition) is 3. The minimum absolute atomic E-state index is 0.0242. The standard InChI is InChI=1S/C25H28N4O/c1-18-9-11-21(12-10-18)13-14-28(17-22-7-5-4-6-8-22)25(30)23-16-26-29-20(3)15-19(2)27-24(23)29/h4-9,11-12,15-16,18,27H,2,10,13-14,17H2,1,3H3. The second-order valence-electron chi connectivity index (χ2n) is 8.07. The number of rotatable bonds is 6. The van der Waals surface area contributed by atoms with Gasteiger partial charge < -0.3 is 10.2 Å². The summed E-state index contributed by atoms with van der Waals surface area (Å²) < 4.78 is 1.76. The van der Waals surface area contributed by atoms with Gasteiger partial charge in [-0.1, -0.05) is 67.6 Å². The Morgan fingerprint density at radius 1 is 1.33 bits per heavy atom. The fourth-order valence-corrected chi connectivity index (χ4v) is 3.84. The van der Waals surface area contributed by atoms with E-state index in [2.05, 4.69) is 54.3 Å². The van der Waals surface area contributed by atoms with Gasteiger partial charge in [-0.25, -0.2) is 4.68 Å². The molecule has 1 amide bonds. The molecule has 0 fully saturated rings. The van der Waals surface area contributed by atoms with Gasteiger partial charge in [0, 0.05) is 24.5 Å². The first-order valence-corrected chi connectivity index (χ1v) is 10.4. The maximum atomic E-state index is 13.6. The van der Waals surface area contributed by atoms with Crippen LogP contribution in [0, 0.1) is 5.92 Å². The summed E-state index contributed by atoms with van der Waals surface area (Å²) in [5, 5.41) is 7.62. The lowest BCUT2D eigenvalue weighted by molar-refractivity contribution is 0.0746. The Morgan fingerprint density at radius 2 is 2.13 bits per heavy atom. The van der Waals surface area contributed by atoms with E-state index in [-0.39, 0.29) is 5.91 Å². The summed E-state index contributed by atoms with van der Waals surface area (Å²) in [6.45, 7) is 9.38. The van der Waals surface area contributed by atoms with Crippen LogP contribution in [0.25, 0.3) is 5.70 Å². The van der Waals surface area contributed by atoms with Crippen molar-refractivity contribution in [2.24, 2.45) is 5.92 Å². The van der Waals surface area contributed by atoms with Crippen molar-refractivity contribution in [2.75, 3.05) is 11.9 Å². The highest BCUT2D eigenvalue weighted by Crippen LogP contribution is 2.28. The van der Waals surface area contributed by atoms with Crippen LogP contribution in [-0.2, 0) is 6.54 Å². The molecular formula is C25H28N4O. The fourth-order valence-electron chi connectivity index (χ4n) is 3.84. The molecule has 2 heterocycles. The number of allylic oxidation sites excluding steroid dienone is 5. The molecular weight excluding hydrogens is 372 g/mol. The van der Waals surface area contributed by atoms with Gasteiger partial charge in [-0.2, -0.15) is 5.10 Å². The first kappa shape index (κ1) is 20.0. The lowest BCUT2D eigenvalue weighted by Crippen LogP contribution is -2.32. The summed E-state index contributed by atoms with van der Waals surface area (Å²) in [6, 6.07) is 10.1. The van der Waals surface area contributed by atoms with Crippen LogP contribution in [0.4, 0.5) is 5.82 Å². The van der Waals surface area contributed by atoms with Crippen molar-refractivity contribution in [2.45, 2.75) is 33.2 Å². The minimum atomic E-state index is -0.0242. The Bertz CT molecular complexity index is 1040. The number of amides is 1. The van der Waals surface area contributed by atoms with E-state index >= 15 is 0 Å². The van der Waals surface area contributed by atoms with Crippen LogP contribution in [-0.4, -0.2) is 27.1 Å². The van der Waals surface area contributed by atoms with Gasteiger partial charge in [-0.15, -0.1) is 0 Å². The van der Waals surface area contributed by atoms with E-state index in [1.165, 1.54) is 5.57 Å². The molecule has 0 bridgehead atoms. The van der Waals surface area contributed by atoms with Crippen molar-refractivity contribution >= 4 is 17.4 Å². The first-order valence-electron chi connectivity index (χ1n) is 10.4. The summed E-state index contributed by atoms with van der Waals surface area (Å²) >= 11 is 0. The third-order valence-electron chi connectivity index (χ3n) is 5.56. The van der Waals surface area contributed by atoms with Crippen LogP contribution in [0.3, 0.4) is 0 Å². The summed E-state index contributed by atoms with van der Waals surface area (Å²) in [7, 11) is 0. The lowest BCUT2D eigenvalue weighted by atomic mass is 9.97. The predicted octanol–water partition coefficient (Wildman–Crippen LogP) is 5.24. The molecule has 30 heavy (non-hydrogen) atoms. The van der Waals surface area contributed by atoms with Crippen LogP contribution < -0.4 is 5.32 Å². The average molecular weight is 401 g/mol. The minimum Gasteiger partial charge on any atom is -0.340 e. The van der Waals surface area contributed by atoms with Crippen molar-refractivity contribution in [3.63, 3.8) is 0 Å². The van der Waals surface area contributed by atoms with E-state index in [1.54, 1.807) is 10.9 Å². The number of carbonyl (C=O) groups is 1. The zero-order chi connectivity index (χ0) is 21.1. The molecule has 2 aromatic rings. The number of fused-ring (bicyclic) bond motifs is 1. The maximum absolute atomic E-state index is 13.6. The van der Waals surface area contributed by atoms with Crippen LogP contribution >= 0.6 is 0 Å². The highest BCUT2D eigenvalue weighted by molar-refractivity contribution is 6.00. The average Bonchev–Trinajstić information content (AvgIpc) is 3.16. The predicted molar refractivity (Wildman–Crippen MR) is 122 cm³/mol. The molecule has 5 nitrogen and oxygen atoms in total. The van der Waals surface area contributed by atoms with Gasteiger partial charge in [0.05, 0.1) is 6.20 Å². The summed E-state index contributed by atoms with van der Waals surface area (Å²) in [4.78, 5) is 15.5. The van der Waals surface area contributed by atoms with Gasteiger partial charge >= 0.3 is 0 Å². The smallest absolute Gasteiger partial charge is 0.259 e. The Kier molecular flexibility index (Phi) is 5.70. The number of nitrogens with one attached hydrogen (secondary N) is 1. The second kappa shape index (κ2) is 8.57. The molecule has 1 atom stereocenters. The van der Waals surface area contributed by atoms with Gasteiger partial charge in [0.2, 0.25) is 0 Å². The molecule has 2 aliphatic rings.